The largest absolute Gasteiger partial charge is 0.381 e. The van der Waals surface area contributed by atoms with E-state index in [0.29, 0.717) is 30.5 Å². The van der Waals surface area contributed by atoms with Crippen LogP contribution in [0.4, 0.5) is 5.69 Å². The van der Waals surface area contributed by atoms with Gasteiger partial charge >= 0.3 is 0 Å². The molecule has 2 aliphatic rings. The van der Waals surface area contributed by atoms with E-state index in [1.807, 2.05) is 11.9 Å². The molecule has 1 aliphatic carbocycles. The van der Waals surface area contributed by atoms with Crippen molar-refractivity contribution in [3.05, 3.63) is 29.8 Å². The number of hydrogen-bond acceptors (Lipinski definition) is 4. The van der Waals surface area contributed by atoms with Gasteiger partial charge in [0.15, 0.2) is 0 Å². The average molecular weight is 373 g/mol. The van der Waals surface area contributed by atoms with Crippen LogP contribution in [0.1, 0.15) is 55.3 Å². The predicted molar refractivity (Wildman–Crippen MR) is 106 cm³/mol. The van der Waals surface area contributed by atoms with Crippen molar-refractivity contribution < 1.29 is 14.3 Å². The molecular formula is C21H31N3O3. The summed E-state index contributed by atoms with van der Waals surface area (Å²) < 4.78 is 5.32. The van der Waals surface area contributed by atoms with Crippen LogP contribution in [0.3, 0.4) is 0 Å². The SMILES string of the molecule is CN(C(=O)c1ccc(NC(=O)C(N)C2CCOCC2)cc1)C1CCCCC1. The van der Waals surface area contributed by atoms with Crippen LogP contribution in [-0.2, 0) is 9.53 Å². The maximum absolute atomic E-state index is 12.7. The summed E-state index contributed by atoms with van der Waals surface area (Å²) in [5, 5.41) is 2.87. The van der Waals surface area contributed by atoms with Crippen LogP contribution >= 0.6 is 0 Å². The third-order valence-electron chi connectivity index (χ3n) is 5.92. The highest BCUT2D eigenvalue weighted by Crippen LogP contribution is 2.23. The normalized spacial score (nSPS) is 20.1. The third-order valence-corrected chi connectivity index (χ3v) is 5.92. The zero-order valence-electron chi connectivity index (χ0n) is 16.2. The van der Waals surface area contributed by atoms with Crippen LogP contribution in [-0.4, -0.2) is 49.1 Å². The van der Waals surface area contributed by atoms with E-state index in [0.717, 1.165) is 25.7 Å². The molecule has 2 amide bonds. The van der Waals surface area contributed by atoms with Gasteiger partial charge in [0.25, 0.3) is 5.91 Å². The van der Waals surface area contributed by atoms with Gasteiger partial charge < -0.3 is 20.7 Å². The molecular weight excluding hydrogens is 342 g/mol. The molecule has 1 atom stereocenters. The molecule has 2 fully saturated rings. The Hall–Kier alpha value is -1.92. The van der Waals surface area contributed by atoms with Gasteiger partial charge in [-0.15, -0.1) is 0 Å². The molecule has 6 heteroatoms. The monoisotopic (exact) mass is 373 g/mol. The summed E-state index contributed by atoms with van der Waals surface area (Å²) >= 11 is 0. The fourth-order valence-electron chi connectivity index (χ4n) is 4.05. The Bertz CT molecular complexity index is 635. The van der Waals surface area contributed by atoms with E-state index in [4.69, 9.17) is 10.5 Å². The molecule has 1 aliphatic heterocycles. The Balaban J connectivity index is 1.56. The first-order chi connectivity index (χ1) is 13.1. The van der Waals surface area contributed by atoms with E-state index in [1.54, 1.807) is 24.3 Å². The van der Waals surface area contributed by atoms with Crippen molar-refractivity contribution in [3.63, 3.8) is 0 Å². The fraction of sp³-hybridized carbons (Fsp3) is 0.619. The smallest absolute Gasteiger partial charge is 0.253 e. The number of carbonyl (C=O) groups is 2. The summed E-state index contributed by atoms with van der Waals surface area (Å²) in [4.78, 5) is 27.0. The van der Waals surface area contributed by atoms with Gasteiger partial charge in [0.1, 0.15) is 0 Å². The van der Waals surface area contributed by atoms with Crippen LogP contribution < -0.4 is 11.1 Å². The highest BCUT2D eigenvalue weighted by molar-refractivity contribution is 5.97. The lowest BCUT2D eigenvalue weighted by Gasteiger charge is -2.31. The van der Waals surface area contributed by atoms with Gasteiger partial charge in [-0.3, -0.25) is 9.59 Å². The molecule has 1 aromatic carbocycles. The number of nitrogens with one attached hydrogen (secondary N) is 1. The molecule has 3 rings (SSSR count). The quantitative estimate of drug-likeness (QED) is 0.831. The van der Waals surface area contributed by atoms with Crippen molar-refractivity contribution in [1.82, 2.24) is 4.90 Å². The number of hydrogen-bond donors (Lipinski definition) is 2. The third kappa shape index (κ3) is 5.08. The molecule has 1 aromatic rings. The number of amides is 2. The zero-order chi connectivity index (χ0) is 19.2. The van der Waals surface area contributed by atoms with Gasteiger partial charge in [0, 0.05) is 37.6 Å². The fourth-order valence-corrected chi connectivity index (χ4v) is 4.05. The maximum Gasteiger partial charge on any atom is 0.253 e. The van der Waals surface area contributed by atoms with Crippen LogP contribution in [0.2, 0.25) is 0 Å². The number of nitrogens with two attached hydrogens (primary N) is 1. The lowest BCUT2D eigenvalue weighted by Crippen LogP contribution is -2.44. The summed E-state index contributed by atoms with van der Waals surface area (Å²) in [6, 6.07) is 6.90. The van der Waals surface area contributed by atoms with Gasteiger partial charge in [-0.05, 0) is 55.9 Å². The molecule has 1 saturated carbocycles. The van der Waals surface area contributed by atoms with Crippen molar-refractivity contribution in [2.24, 2.45) is 11.7 Å². The number of benzene rings is 1. The van der Waals surface area contributed by atoms with Crippen molar-refractivity contribution in [1.29, 1.82) is 0 Å². The second-order valence-corrected chi connectivity index (χ2v) is 7.75. The van der Waals surface area contributed by atoms with E-state index in [1.165, 1.54) is 19.3 Å². The molecule has 6 nitrogen and oxygen atoms in total. The van der Waals surface area contributed by atoms with Crippen LogP contribution in [0.5, 0.6) is 0 Å². The van der Waals surface area contributed by atoms with Gasteiger partial charge in [-0.1, -0.05) is 19.3 Å². The second kappa shape index (κ2) is 9.33. The molecule has 1 heterocycles. The summed E-state index contributed by atoms with van der Waals surface area (Å²) in [6.07, 6.45) is 7.45. The standard InChI is InChI=1S/C21H31N3O3/c1-24(18-5-3-2-4-6-18)21(26)16-7-9-17(10-8-16)23-20(25)19(22)15-11-13-27-14-12-15/h7-10,15,18-19H,2-6,11-14,22H2,1H3,(H,23,25). The van der Waals surface area contributed by atoms with Crippen LogP contribution in [0.15, 0.2) is 24.3 Å². The number of rotatable bonds is 5. The molecule has 0 radical (unpaired) electrons. The Labute approximate surface area is 161 Å². The van der Waals surface area contributed by atoms with Crippen molar-refractivity contribution in [3.8, 4) is 0 Å². The molecule has 0 bridgehead atoms. The van der Waals surface area contributed by atoms with E-state index in [9.17, 15) is 9.59 Å². The number of anilines is 1. The molecule has 3 N–H and O–H groups in total. The van der Waals surface area contributed by atoms with E-state index < -0.39 is 6.04 Å². The van der Waals surface area contributed by atoms with Crippen molar-refractivity contribution in [2.75, 3.05) is 25.6 Å². The summed E-state index contributed by atoms with van der Waals surface area (Å²) in [6.45, 7) is 1.33. The first-order valence-corrected chi connectivity index (χ1v) is 10.1. The van der Waals surface area contributed by atoms with E-state index in [-0.39, 0.29) is 17.7 Å². The lowest BCUT2D eigenvalue weighted by molar-refractivity contribution is -0.119. The Morgan fingerprint density at radius 2 is 1.70 bits per heavy atom. The molecule has 0 aromatic heterocycles. The molecule has 1 saturated heterocycles. The van der Waals surface area contributed by atoms with Gasteiger partial charge in [0.2, 0.25) is 5.91 Å². The van der Waals surface area contributed by atoms with Gasteiger partial charge in [-0.25, -0.2) is 0 Å². The minimum absolute atomic E-state index is 0.0404. The number of nitrogens with zero attached hydrogens (tertiary/aromatic N) is 1. The van der Waals surface area contributed by atoms with Gasteiger partial charge in [-0.2, -0.15) is 0 Å². The summed E-state index contributed by atoms with van der Waals surface area (Å²) in [5.74, 6) is 0.0164. The predicted octanol–water partition coefficient (Wildman–Crippen LogP) is 2.78. The zero-order valence-corrected chi connectivity index (χ0v) is 16.2. The Morgan fingerprint density at radius 1 is 1.07 bits per heavy atom. The molecule has 27 heavy (non-hydrogen) atoms. The van der Waals surface area contributed by atoms with E-state index in [2.05, 4.69) is 5.32 Å². The number of ether oxygens (including phenoxy) is 1. The second-order valence-electron chi connectivity index (χ2n) is 7.75. The minimum atomic E-state index is -0.535. The highest BCUT2D eigenvalue weighted by atomic mass is 16.5. The highest BCUT2D eigenvalue weighted by Gasteiger charge is 2.27. The molecule has 0 spiro atoms. The van der Waals surface area contributed by atoms with Crippen LogP contribution in [0, 0.1) is 5.92 Å². The average Bonchev–Trinajstić information content (AvgIpc) is 2.74. The molecule has 148 valence electrons. The van der Waals surface area contributed by atoms with E-state index >= 15 is 0 Å². The Morgan fingerprint density at radius 3 is 2.33 bits per heavy atom. The van der Waals surface area contributed by atoms with Gasteiger partial charge in [0.05, 0.1) is 6.04 Å². The Kier molecular flexibility index (Phi) is 6.85. The first kappa shape index (κ1) is 19.8. The van der Waals surface area contributed by atoms with Crippen molar-refractivity contribution in [2.45, 2.75) is 57.0 Å². The summed E-state index contributed by atoms with van der Waals surface area (Å²) in [5.41, 5.74) is 7.43. The topological polar surface area (TPSA) is 84.7 Å². The molecule has 1 unspecified atom stereocenters. The lowest BCUT2D eigenvalue weighted by atomic mass is 9.92. The minimum Gasteiger partial charge on any atom is -0.381 e. The maximum atomic E-state index is 12.7. The first-order valence-electron chi connectivity index (χ1n) is 10.1. The summed E-state index contributed by atoms with van der Waals surface area (Å²) in [7, 11) is 1.89. The van der Waals surface area contributed by atoms with Crippen LogP contribution in [0.25, 0.3) is 0 Å². The van der Waals surface area contributed by atoms with Crippen molar-refractivity contribution >= 4 is 17.5 Å². The number of carbonyl (C=O) groups excluding carboxylic acids is 2.